The maximum atomic E-state index is 14.7. The van der Waals surface area contributed by atoms with Crippen LogP contribution in [0.4, 0.5) is 23.4 Å². The molecule has 1 aliphatic rings. The van der Waals surface area contributed by atoms with E-state index in [0.29, 0.717) is 22.7 Å². The van der Waals surface area contributed by atoms with Crippen LogP contribution in [0.2, 0.25) is 0 Å². The molecule has 1 atom stereocenters. The van der Waals surface area contributed by atoms with Crippen molar-refractivity contribution in [2.24, 2.45) is 0 Å². The largest absolute Gasteiger partial charge is 0.351 e. The summed E-state index contributed by atoms with van der Waals surface area (Å²) >= 11 is 0. The summed E-state index contributed by atoms with van der Waals surface area (Å²) < 4.78 is 56.5. The van der Waals surface area contributed by atoms with Crippen molar-refractivity contribution in [1.29, 1.82) is 0 Å². The fourth-order valence-electron chi connectivity index (χ4n) is 4.08. The molecule has 0 unspecified atom stereocenters. The van der Waals surface area contributed by atoms with Crippen LogP contribution in [0.1, 0.15) is 19.0 Å². The molecule has 33 heavy (non-hydrogen) atoms. The van der Waals surface area contributed by atoms with E-state index in [4.69, 9.17) is 4.98 Å². The summed E-state index contributed by atoms with van der Waals surface area (Å²) in [4.78, 5) is 15.2. The number of hydrogen-bond donors (Lipinski definition) is 1. The molecule has 0 radical (unpaired) electrons. The van der Waals surface area contributed by atoms with Gasteiger partial charge < -0.3 is 10.2 Å². The van der Waals surface area contributed by atoms with Crippen molar-refractivity contribution in [2.45, 2.75) is 19.4 Å². The summed E-state index contributed by atoms with van der Waals surface area (Å²) in [6.07, 6.45) is -1.52. The summed E-state index contributed by atoms with van der Waals surface area (Å²) in [7, 11) is 0. The van der Waals surface area contributed by atoms with Gasteiger partial charge in [-0.05, 0) is 43.3 Å². The number of halogens is 4. The van der Waals surface area contributed by atoms with Gasteiger partial charge in [-0.25, -0.2) is 27.5 Å². The Kier molecular flexibility index (Phi) is 5.45. The van der Waals surface area contributed by atoms with Crippen LogP contribution in [0, 0.1) is 11.6 Å². The Morgan fingerprint density at radius 2 is 1.91 bits per heavy atom. The molecule has 0 spiro atoms. The zero-order chi connectivity index (χ0) is 23.1. The number of anilines is 1. The van der Waals surface area contributed by atoms with E-state index in [1.165, 1.54) is 29.0 Å². The lowest BCUT2D eigenvalue weighted by molar-refractivity contribution is 0.146. The number of nitrogens with one attached hydrogen (secondary N) is 1. The van der Waals surface area contributed by atoms with E-state index in [-0.39, 0.29) is 17.4 Å². The van der Waals surface area contributed by atoms with E-state index in [1.54, 1.807) is 6.07 Å². The van der Waals surface area contributed by atoms with Gasteiger partial charge in [-0.3, -0.25) is 9.55 Å². The first-order chi connectivity index (χ1) is 15.9. The molecule has 1 aromatic carbocycles. The average Bonchev–Trinajstić information content (AvgIpc) is 3.17. The van der Waals surface area contributed by atoms with Crippen molar-refractivity contribution in [3.63, 3.8) is 0 Å². The molecule has 5 rings (SSSR count). The van der Waals surface area contributed by atoms with Gasteiger partial charge in [-0.15, -0.1) is 0 Å². The second kappa shape index (κ2) is 8.43. The number of pyridine rings is 2. The second-order valence-corrected chi connectivity index (χ2v) is 7.89. The molecule has 0 aliphatic carbocycles. The lowest BCUT2D eigenvalue weighted by Gasteiger charge is -2.34. The van der Waals surface area contributed by atoms with E-state index >= 15 is 0 Å². The van der Waals surface area contributed by atoms with Crippen LogP contribution in [0.25, 0.3) is 28.2 Å². The van der Waals surface area contributed by atoms with E-state index < -0.39 is 23.8 Å². The van der Waals surface area contributed by atoms with Gasteiger partial charge in [0.15, 0.2) is 5.65 Å². The third-order valence-corrected chi connectivity index (χ3v) is 5.70. The second-order valence-electron chi connectivity index (χ2n) is 7.89. The summed E-state index contributed by atoms with van der Waals surface area (Å²) in [5.41, 5.74) is 0.743. The van der Waals surface area contributed by atoms with E-state index in [1.807, 2.05) is 6.07 Å². The Balaban J connectivity index is 1.75. The molecule has 4 aromatic rings. The van der Waals surface area contributed by atoms with Crippen LogP contribution in [-0.2, 0) is 0 Å². The van der Waals surface area contributed by atoms with Gasteiger partial charge in [0.1, 0.15) is 34.5 Å². The Morgan fingerprint density at radius 1 is 1.06 bits per heavy atom. The predicted molar refractivity (Wildman–Crippen MR) is 117 cm³/mol. The van der Waals surface area contributed by atoms with Gasteiger partial charge in [-0.2, -0.15) is 0 Å². The molecule has 6 nitrogen and oxygen atoms in total. The van der Waals surface area contributed by atoms with Crippen LogP contribution >= 0.6 is 0 Å². The third kappa shape index (κ3) is 3.91. The highest BCUT2D eigenvalue weighted by Crippen LogP contribution is 2.32. The summed E-state index contributed by atoms with van der Waals surface area (Å²) in [5, 5.41) is 3.32. The van der Waals surface area contributed by atoms with Crippen LogP contribution in [0.15, 0.2) is 48.7 Å². The van der Waals surface area contributed by atoms with Crippen LogP contribution < -0.4 is 10.2 Å². The minimum Gasteiger partial charge on any atom is -0.351 e. The van der Waals surface area contributed by atoms with Crippen LogP contribution in [0.3, 0.4) is 0 Å². The number of imidazole rings is 1. The summed E-state index contributed by atoms with van der Waals surface area (Å²) in [6, 6.07) is 9.71. The highest BCUT2D eigenvalue weighted by atomic mass is 19.3. The lowest BCUT2D eigenvalue weighted by Crippen LogP contribution is -2.50. The van der Waals surface area contributed by atoms with Crippen LogP contribution in [-0.4, -0.2) is 45.2 Å². The fraction of sp³-hybridized carbons (Fsp3) is 0.261. The van der Waals surface area contributed by atoms with Gasteiger partial charge in [0.25, 0.3) is 6.43 Å². The minimum atomic E-state index is -2.78. The highest BCUT2D eigenvalue weighted by Gasteiger charge is 2.23. The van der Waals surface area contributed by atoms with Crippen LogP contribution in [0.5, 0.6) is 0 Å². The molecule has 4 heterocycles. The summed E-state index contributed by atoms with van der Waals surface area (Å²) in [6.45, 7) is 4.43. The molecule has 1 fully saturated rings. The number of aromatic nitrogens is 4. The summed E-state index contributed by atoms with van der Waals surface area (Å²) in [5.74, 6) is -0.708. The molecule has 1 N–H and O–H groups in total. The number of rotatable bonds is 4. The predicted octanol–water partition coefficient (Wildman–Crippen LogP) is 4.50. The number of alkyl halides is 2. The van der Waals surface area contributed by atoms with E-state index in [0.717, 1.165) is 31.8 Å². The Bertz CT molecular complexity index is 1320. The van der Waals surface area contributed by atoms with E-state index in [2.05, 4.69) is 27.1 Å². The SMILES string of the molecule is C[C@@H]1CNCCN1c1ccc2nc(-c3ccc(F)cc3F)n(-c3ccnc(C(F)F)c3)c2n1. The smallest absolute Gasteiger partial charge is 0.280 e. The first kappa shape index (κ1) is 21.3. The fourth-order valence-corrected chi connectivity index (χ4v) is 4.08. The molecule has 0 bridgehead atoms. The van der Waals surface area contributed by atoms with E-state index in [9.17, 15) is 17.6 Å². The van der Waals surface area contributed by atoms with Crippen molar-refractivity contribution in [2.75, 3.05) is 24.5 Å². The molecule has 0 saturated carbocycles. The monoisotopic (exact) mass is 456 g/mol. The highest BCUT2D eigenvalue weighted by molar-refractivity contribution is 5.81. The standard InChI is InChI=1S/C23H20F4N6/c1-13-12-28-8-9-32(13)20-5-4-18-23(31-20)33(15-6-7-29-19(11-15)21(26)27)22(30-18)16-3-2-14(24)10-17(16)25/h2-7,10-11,13,21,28H,8-9,12H2,1H3/t13-/m1/s1. The van der Waals surface area contributed by atoms with Gasteiger partial charge in [0.2, 0.25) is 0 Å². The molecular weight excluding hydrogens is 436 g/mol. The van der Waals surface area contributed by atoms with Gasteiger partial charge in [-0.1, -0.05) is 0 Å². The number of piperazine rings is 1. The molecule has 0 amide bonds. The maximum Gasteiger partial charge on any atom is 0.280 e. The number of benzene rings is 1. The Labute approximate surface area is 186 Å². The molecule has 3 aromatic heterocycles. The topological polar surface area (TPSA) is 58.9 Å². The number of nitrogens with zero attached hydrogens (tertiary/aromatic N) is 5. The average molecular weight is 456 g/mol. The normalized spacial score (nSPS) is 16.7. The first-order valence-electron chi connectivity index (χ1n) is 10.5. The van der Waals surface area contributed by atoms with Gasteiger partial charge >= 0.3 is 0 Å². The molecule has 10 heteroatoms. The molecule has 1 saturated heterocycles. The number of hydrogen-bond acceptors (Lipinski definition) is 5. The molecule has 1 aliphatic heterocycles. The first-order valence-corrected chi connectivity index (χ1v) is 10.5. The zero-order valence-corrected chi connectivity index (χ0v) is 17.6. The van der Waals surface area contributed by atoms with Crippen molar-refractivity contribution >= 4 is 17.0 Å². The van der Waals surface area contributed by atoms with Crippen molar-refractivity contribution in [3.05, 3.63) is 66.0 Å². The van der Waals surface area contributed by atoms with Crippen molar-refractivity contribution in [3.8, 4) is 17.1 Å². The van der Waals surface area contributed by atoms with Gasteiger partial charge in [0, 0.05) is 37.9 Å². The lowest BCUT2D eigenvalue weighted by atomic mass is 10.2. The number of fused-ring (bicyclic) bond motifs is 1. The Hall–Kier alpha value is -3.53. The quantitative estimate of drug-likeness (QED) is 0.459. The molecular formula is C23H20F4N6. The van der Waals surface area contributed by atoms with Crippen molar-refractivity contribution < 1.29 is 17.6 Å². The van der Waals surface area contributed by atoms with Crippen molar-refractivity contribution in [1.82, 2.24) is 24.8 Å². The third-order valence-electron chi connectivity index (χ3n) is 5.70. The van der Waals surface area contributed by atoms with Gasteiger partial charge in [0.05, 0.1) is 11.3 Å². The molecule has 170 valence electrons. The Morgan fingerprint density at radius 3 is 2.67 bits per heavy atom. The maximum absolute atomic E-state index is 14.7. The minimum absolute atomic E-state index is 0.0295. The zero-order valence-electron chi connectivity index (χ0n) is 17.6.